The molecule has 0 aliphatic heterocycles. The van der Waals surface area contributed by atoms with Crippen molar-refractivity contribution in [2.75, 3.05) is 0 Å². The van der Waals surface area contributed by atoms with Crippen LogP contribution in [0, 0.1) is 10.8 Å². The summed E-state index contributed by atoms with van der Waals surface area (Å²) >= 11 is 0. The maximum atomic E-state index is 10.7. The van der Waals surface area contributed by atoms with E-state index in [1.807, 2.05) is 0 Å². The van der Waals surface area contributed by atoms with Crippen molar-refractivity contribution < 1.29 is 39.6 Å². The largest absolute Gasteiger partial charge is 0.480 e. The van der Waals surface area contributed by atoms with Crippen LogP contribution in [0.2, 0.25) is 0 Å². The molecule has 0 fully saturated rings. The zero-order chi connectivity index (χ0) is 18.8. The molecule has 0 saturated heterocycles. The minimum atomic E-state index is -1.58. The van der Waals surface area contributed by atoms with Crippen LogP contribution in [0.5, 0.6) is 0 Å². The molecule has 0 aromatic carbocycles. The summed E-state index contributed by atoms with van der Waals surface area (Å²) < 4.78 is 0. The lowest BCUT2D eigenvalue weighted by Crippen LogP contribution is -2.38. The number of carbonyl (C=O) groups is 4. The van der Waals surface area contributed by atoms with E-state index in [1.54, 1.807) is 27.7 Å². The van der Waals surface area contributed by atoms with Gasteiger partial charge in [0.15, 0.2) is 10.8 Å². The summed E-state index contributed by atoms with van der Waals surface area (Å²) in [5.41, 5.74) is -3.16. The molecule has 0 aromatic heterocycles. The zero-order valence-corrected chi connectivity index (χ0v) is 14.0. The van der Waals surface area contributed by atoms with Gasteiger partial charge in [0.2, 0.25) is 0 Å². The molecule has 0 spiro atoms. The summed E-state index contributed by atoms with van der Waals surface area (Å²) in [4.78, 5) is 42.5. The monoisotopic (exact) mass is 334 g/mol. The molecule has 8 nitrogen and oxygen atoms in total. The number of rotatable bonds is 9. The van der Waals surface area contributed by atoms with Gasteiger partial charge >= 0.3 is 23.9 Å². The fourth-order valence-corrected chi connectivity index (χ4v) is 2.16. The minimum absolute atomic E-state index is 0.119. The summed E-state index contributed by atoms with van der Waals surface area (Å²) in [6.07, 6.45) is 1.12. The molecule has 0 rings (SSSR count). The summed E-state index contributed by atoms with van der Waals surface area (Å²) in [5.74, 6) is -4.98. The highest BCUT2D eigenvalue weighted by molar-refractivity contribution is 5.98. The van der Waals surface area contributed by atoms with Gasteiger partial charge in [-0.3, -0.25) is 19.2 Å². The number of hydrogen-bond donors (Lipinski definition) is 4. The number of aliphatic carboxylic acids is 4. The first-order valence-corrected chi connectivity index (χ1v) is 7.45. The van der Waals surface area contributed by atoms with Crippen molar-refractivity contribution in [3.05, 3.63) is 0 Å². The maximum absolute atomic E-state index is 10.7. The van der Waals surface area contributed by atoms with Gasteiger partial charge in [-0.15, -0.1) is 0 Å². The fourth-order valence-electron chi connectivity index (χ4n) is 2.16. The third-order valence-corrected chi connectivity index (χ3v) is 4.12. The number of hydrogen-bond acceptors (Lipinski definition) is 4. The third kappa shape index (κ3) is 5.22. The maximum Gasteiger partial charge on any atom is 0.321 e. The van der Waals surface area contributed by atoms with Crippen LogP contribution in [-0.4, -0.2) is 44.3 Å². The lowest BCUT2D eigenvalue weighted by Gasteiger charge is -2.21. The molecule has 0 aliphatic rings. The van der Waals surface area contributed by atoms with Crippen LogP contribution in [0.3, 0.4) is 0 Å². The SMILES string of the molecule is CCC(CC)(C(=O)O)C(=O)O.CCCC(CC)(C(=O)O)C(=O)O. The highest BCUT2D eigenvalue weighted by Crippen LogP contribution is 2.28. The lowest BCUT2D eigenvalue weighted by molar-refractivity contribution is -0.167. The topological polar surface area (TPSA) is 149 Å². The van der Waals surface area contributed by atoms with E-state index in [2.05, 4.69) is 0 Å². The van der Waals surface area contributed by atoms with E-state index in [4.69, 9.17) is 20.4 Å². The Bertz CT molecular complexity index is 407. The van der Waals surface area contributed by atoms with Gasteiger partial charge in [0.25, 0.3) is 0 Å². The second-order valence-electron chi connectivity index (χ2n) is 5.20. The van der Waals surface area contributed by atoms with E-state index in [1.165, 1.54) is 0 Å². The molecule has 8 heteroatoms. The van der Waals surface area contributed by atoms with Gasteiger partial charge in [-0.25, -0.2) is 0 Å². The molecule has 0 atom stereocenters. The molecule has 0 aliphatic carbocycles. The fraction of sp³-hybridized carbons (Fsp3) is 0.733. The van der Waals surface area contributed by atoms with Crippen LogP contribution in [0.15, 0.2) is 0 Å². The van der Waals surface area contributed by atoms with E-state index < -0.39 is 34.7 Å². The van der Waals surface area contributed by atoms with Crippen LogP contribution in [-0.2, 0) is 19.2 Å². The summed E-state index contributed by atoms with van der Waals surface area (Å²) in [6, 6.07) is 0. The van der Waals surface area contributed by atoms with E-state index >= 15 is 0 Å². The van der Waals surface area contributed by atoms with Crippen LogP contribution < -0.4 is 0 Å². The molecule has 0 unspecified atom stereocenters. The molecule has 134 valence electrons. The molecule has 4 N–H and O–H groups in total. The van der Waals surface area contributed by atoms with Gasteiger partial charge < -0.3 is 20.4 Å². The molecule has 23 heavy (non-hydrogen) atoms. The Hall–Kier alpha value is -2.12. The van der Waals surface area contributed by atoms with Gasteiger partial charge in [0, 0.05) is 0 Å². The summed E-state index contributed by atoms with van der Waals surface area (Å²) in [6.45, 7) is 6.48. The van der Waals surface area contributed by atoms with E-state index in [-0.39, 0.29) is 25.7 Å². The Morgan fingerprint density at radius 1 is 0.609 bits per heavy atom. The number of carboxylic acids is 4. The molecular weight excluding hydrogens is 308 g/mol. The average molecular weight is 334 g/mol. The van der Waals surface area contributed by atoms with Crippen LogP contribution in [0.25, 0.3) is 0 Å². The Morgan fingerprint density at radius 2 is 0.870 bits per heavy atom. The van der Waals surface area contributed by atoms with E-state index in [0.717, 1.165) is 0 Å². The summed E-state index contributed by atoms with van der Waals surface area (Å²) in [5, 5.41) is 34.7. The number of carboxylic acid groups (broad SMARTS) is 4. The first kappa shape index (κ1) is 23.2. The highest BCUT2D eigenvalue weighted by atomic mass is 16.4. The molecule has 0 bridgehead atoms. The zero-order valence-electron chi connectivity index (χ0n) is 14.0. The van der Waals surface area contributed by atoms with Gasteiger partial charge in [-0.2, -0.15) is 0 Å². The third-order valence-electron chi connectivity index (χ3n) is 4.12. The quantitative estimate of drug-likeness (QED) is 0.469. The Balaban J connectivity index is 0. The second kappa shape index (κ2) is 9.81. The predicted octanol–water partition coefficient (Wildman–Crippen LogP) is 2.31. The first-order chi connectivity index (χ1) is 10.5. The Kier molecular flexibility index (Phi) is 9.87. The molecule has 0 saturated carbocycles. The van der Waals surface area contributed by atoms with Crippen LogP contribution in [0.1, 0.15) is 59.8 Å². The normalized spacial score (nSPS) is 11.1. The first-order valence-electron chi connectivity index (χ1n) is 7.45. The molecular formula is C15H26O8. The Labute approximate surface area is 135 Å². The lowest BCUT2D eigenvalue weighted by atomic mass is 9.81. The van der Waals surface area contributed by atoms with Crippen molar-refractivity contribution in [3.63, 3.8) is 0 Å². The summed E-state index contributed by atoms with van der Waals surface area (Å²) in [7, 11) is 0. The van der Waals surface area contributed by atoms with Crippen molar-refractivity contribution in [2.45, 2.75) is 59.8 Å². The second-order valence-corrected chi connectivity index (χ2v) is 5.20. The highest BCUT2D eigenvalue weighted by Gasteiger charge is 2.44. The smallest absolute Gasteiger partial charge is 0.321 e. The van der Waals surface area contributed by atoms with Crippen molar-refractivity contribution >= 4 is 23.9 Å². The van der Waals surface area contributed by atoms with Gasteiger partial charge in [-0.05, 0) is 25.7 Å². The average Bonchev–Trinajstić information content (AvgIpc) is 2.45. The standard InChI is InChI=1S/C8H14O4.C7H12O4/c1-3-5-8(4-2,6(9)10)7(11)12;1-3-7(4-2,5(8)9)6(10)11/h3-5H2,1-2H3,(H,9,10)(H,11,12);3-4H2,1-2H3,(H,8,9)(H,10,11). The minimum Gasteiger partial charge on any atom is -0.480 e. The van der Waals surface area contributed by atoms with E-state index in [0.29, 0.717) is 6.42 Å². The molecule has 0 radical (unpaired) electrons. The molecule has 0 amide bonds. The van der Waals surface area contributed by atoms with Crippen molar-refractivity contribution in [3.8, 4) is 0 Å². The molecule has 0 aromatic rings. The van der Waals surface area contributed by atoms with Crippen molar-refractivity contribution in [1.82, 2.24) is 0 Å². The van der Waals surface area contributed by atoms with Gasteiger partial charge in [0.1, 0.15) is 0 Å². The Morgan fingerprint density at radius 3 is 0.913 bits per heavy atom. The molecule has 0 heterocycles. The van der Waals surface area contributed by atoms with Crippen molar-refractivity contribution in [2.24, 2.45) is 10.8 Å². The van der Waals surface area contributed by atoms with Gasteiger partial charge in [-0.1, -0.05) is 34.1 Å². The van der Waals surface area contributed by atoms with E-state index in [9.17, 15) is 19.2 Å². The van der Waals surface area contributed by atoms with Crippen LogP contribution >= 0.6 is 0 Å². The van der Waals surface area contributed by atoms with Crippen LogP contribution in [0.4, 0.5) is 0 Å². The van der Waals surface area contributed by atoms with Crippen molar-refractivity contribution in [1.29, 1.82) is 0 Å². The van der Waals surface area contributed by atoms with Gasteiger partial charge in [0.05, 0.1) is 0 Å². The predicted molar refractivity (Wildman–Crippen MR) is 81.2 cm³/mol.